The van der Waals surface area contributed by atoms with Gasteiger partial charge in [0.15, 0.2) is 0 Å². The van der Waals surface area contributed by atoms with E-state index in [0.717, 1.165) is 42.7 Å². The average Bonchev–Trinajstić information content (AvgIpc) is 3.05. The van der Waals surface area contributed by atoms with Crippen LogP contribution in [0.5, 0.6) is 0 Å². The molecule has 0 radical (unpaired) electrons. The molecule has 3 saturated carbocycles. The highest BCUT2D eigenvalue weighted by atomic mass is 14.9. The third-order valence-corrected chi connectivity index (χ3v) is 9.86. The molecule has 1 aromatic carbocycles. The fourth-order valence-corrected chi connectivity index (χ4v) is 8.21. The Morgan fingerprint density at radius 2 is 1.71 bits per heavy atom. The summed E-state index contributed by atoms with van der Waals surface area (Å²) < 4.78 is 0. The molecule has 1 N–H and O–H groups in total. The molecule has 1 heteroatoms. The predicted octanol–water partition coefficient (Wildman–Crippen LogP) is 6.40. The van der Waals surface area contributed by atoms with Crippen molar-refractivity contribution in [3.8, 4) is 0 Å². The van der Waals surface area contributed by atoms with Crippen LogP contribution in [0.2, 0.25) is 0 Å². The topological polar surface area (TPSA) is 12.0 Å². The van der Waals surface area contributed by atoms with Crippen molar-refractivity contribution in [1.82, 2.24) is 5.32 Å². The van der Waals surface area contributed by atoms with Crippen LogP contribution in [-0.4, -0.2) is 12.6 Å². The minimum absolute atomic E-state index is 0.533. The van der Waals surface area contributed by atoms with Gasteiger partial charge < -0.3 is 5.32 Å². The van der Waals surface area contributed by atoms with Gasteiger partial charge in [-0.25, -0.2) is 0 Å². The van der Waals surface area contributed by atoms with Gasteiger partial charge in [-0.05, 0) is 104 Å². The maximum absolute atomic E-state index is 4.02. The van der Waals surface area contributed by atoms with Gasteiger partial charge >= 0.3 is 0 Å². The fourth-order valence-electron chi connectivity index (χ4n) is 8.21. The molecule has 2 unspecified atom stereocenters. The van der Waals surface area contributed by atoms with E-state index >= 15 is 0 Å². The van der Waals surface area contributed by atoms with E-state index in [1.165, 1.54) is 56.9 Å². The van der Waals surface area contributed by atoms with Crippen LogP contribution < -0.4 is 5.32 Å². The van der Waals surface area contributed by atoms with E-state index in [2.05, 4.69) is 61.6 Å². The summed E-state index contributed by atoms with van der Waals surface area (Å²) in [6.07, 6.45) is 17.6. The maximum Gasteiger partial charge on any atom is 0.0124 e. The zero-order valence-electron chi connectivity index (χ0n) is 18.0. The largest absolute Gasteiger partial charge is 0.313 e. The molecule has 0 bridgehead atoms. The van der Waals surface area contributed by atoms with Crippen molar-refractivity contribution in [2.24, 2.45) is 34.5 Å². The average molecular weight is 378 g/mol. The van der Waals surface area contributed by atoms with Gasteiger partial charge in [0.25, 0.3) is 0 Å². The number of rotatable bonds is 4. The number of benzene rings is 1. The summed E-state index contributed by atoms with van der Waals surface area (Å²) >= 11 is 0. The molecule has 0 spiro atoms. The van der Waals surface area contributed by atoms with Crippen molar-refractivity contribution < 1.29 is 0 Å². The normalized spacial score (nSPS) is 44.6. The fraction of sp³-hybridized carbons (Fsp3) is 0.704. The predicted molar refractivity (Wildman–Crippen MR) is 118 cm³/mol. The molecule has 0 aliphatic heterocycles. The van der Waals surface area contributed by atoms with Gasteiger partial charge in [0.05, 0.1) is 0 Å². The van der Waals surface area contributed by atoms with Crippen LogP contribution in [-0.2, 0) is 6.42 Å². The van der Waals surface area contributed by atoms with Gasteiger partial charge in [-0.2, -0.15) is 0 Å². The number of hydrogen-bond donors (Lipinski definition) is 1. The molecule has 4 aliphatic rings. The quantitative estimate of drug-likeness (QED) is 0.599. The van der Waals surface area contributed by atoms with Gasteiger partial charge in [-0.3, -0.25) is 0 Å². The first-order valence-corrected chi connectivity index (χ1v) is 12.0. The lowest BCUT2D eigenvalue weighted by Crippen LogP contribution is -2.54. The van der Waals surface area contributed by atoms with E-state index in [0.29, 0.717) is 10.8 Å². The minimum Gasteiger partial charge on any atom is -0.313 e. The number of fused-ring (bicyclic) bond motifs is 5. The van der Waals surface area contributed by atoms with Gasteiger partial charge in [-0.15, -0.1) is 0 Å². The van der Waals surface area contributed by atoms with Crippen molar-refractivity contribution in [3.05, 3.63) is 48.0 Å². The minimum atomic E-state index is 0.533. The highest BCUT2D eigenvalue weighted by molar-refractivity contribution is 5.16. The van der Waals surface area contributed by atoms with Crippen LogP contribution in [0.3, 0.4) is 0 Å². The summed E-state index contributed by atoms with van der Waals surface area (Å²) in [4.78, 5) is 0. The Morgan fingerprint density at radius 1 is 0.893 bits per heavy atom. The van der Waals surface area contributed by atoms with Gasteiger partial charge in [-0.1, -0.05) is 56.3 Å². The van der Waals surface area contributed by atoms with Gasteiger partial charge in [0, 0.05) is 6.04 Å². The summed E-state index contributed by atoms with van der Waals surface area (Å²) in [7, 11) is 0. The molecule has 3 fully saturated rings. The first-order valence-electron chi connectivity index (χ1n) is 12.0. The van der Waals surface area contributed by atoms with Gasteiger partial charge in [0.2, 0.25) is 0 Å². The molecular weight excluding hydrogens is 338 g/mol. The second kappa shape index (κ2) is 7.31. The molecule has 7 atom stereocenters. The Morgan fingerprint density at radius 3 is 2.57 bits per heavy atom. The molecule has 1 nitrogen and oxygen atoms in total. The van der Waals surface area contributed by atoms with E-state index in [1.54, 1.807) is 0 Å². The molecule has 1 aromatic rings. The van der Waals surface area contributed by atoms with Crippen LogP contribution in [0.1, 0.15) is 70.8 Å². The molecule has 0 aromatic heterocycles. The van der Waals surface area contributed by atoms with Crippen LogP contribution in [0.4, 0.5) is 0 Å². The van der Waals surface area contributed by atoms with Crippen molar-refractivity contribution in [2.45, 2.75) is 77.7 Å². The molecule has 4 aliphatic carbocycles. The number of nitrogens with one attached hydrogen (secondary N) is 1. The Balaban J connectivity index is 1.27. The summed E-state index contributed by atoms with van der Waals surface area (Å²) in [6, 6.07) is 11.7. The van der Waals surface area contributed by atoms with Crippen LogP contribution >= 0.6 is 0 Å². The molecule has 0 saturated heterocycles. The standard InChI is InChI=1S/C27H39N/c1-26-17-7-6-10-21(26)11-12-22-23-13-14-25(27(23,2)18-15-24(22)26)28-19-16-20-8-4-3-5-9-20/h3-9,21-25,28H,10-19H2,1-2H3/t21?,22-,23-,24-,25?,26-,27-/m0/s1. The molecule has 0 heterocycles. The van der Waals surface area contributed by atoms with Crippen molar-refractivity contribution in [2.75, 3.05) is 6.54 Å². The maximum atomic E-state index is 4.02. The Kier molecular flexibility index (Phi) is 4.94. The smallest absolute Gasteiger partial charge is 0.0124 e. The lowest BCUT2D eigenvalue weighted by molar-refractivity contribution is -0.0917. The first kappa shape index (κ1) is 18.9. The SMILES string of the molecule is C[C@]12CC=CCC1CC[C@@H]1[C@@H]2CC[C@]2(C)C(NCCc3ccccc3)CC[C@@H]12. The van der Waals surface area contributed by atoms with E-state index < -0.39 is 0 Å². The summed E-state index contributed by atoms with van der Waals surface area (Å²) in [6.45, 7) is 6.44. The number of allylic oxidation sites excluding steroid dienone is 2. The van der Waals surface area contributed by atoms with Crippen LogP contribution in [0, 0.1) is 34.5 Å². The van der Waals surface area contributed by atoms with Crippen molar-refractivity contribution >= 4 is 0 Å². The van der Waals surface area contributed by atoms with Crippen LogP contribution in [0.15, 0.2) is 42.5 Å². The first-order chi connectivity index (χ1) is 13.6. The molecule has 0 amide bonds. The lowest BCUT2D eigenvalue weighted by atomic mass is 9.46. The molecule has 152 valence electrons. The Bertz CT molecular complexity index is 708. The van der Waals surface area contributed by atoms with E-state index in [1.807, 2.05) is 0 Å². The highest BCUT2D eigenvalue weighted by Crippen LogP contribution is 2.65. The van der Waals surface area contributed by atoms with E-state index in [4.69, 9.17) is 0 Å². The van der Waals surface area contributed by atoms with Crippen molar-refractivity contribution in [3.63, 3.8) is 0 Å². The van der Waals surface area contributed by atoms with Crippen molar-refractivity contribution in [1.29, 1.82) is 0 Å². The monoisotopic (exact) mass is 377 g/mol. The summed E-state index contributed by atoms with van der Waals surface area (Å²) in [5, 5.41) is 4.02. The van der Waals surface area contributed by atoms with E-state index in [-0.39, 0.29) is 0 Å². The highest BCUT2D eigenvalue weighted by Gasteiger charge is 2.59. The zero-order chi connectivity index (χ0) is 19.2. The van der Waals surface area contributed by atoms with E-state index in [9.17, 15) is 0 Å². The molecular formula is C27H39N. The third kappa shape index (κ3) is 3.00. The molecule has 28 heavy (non-hydrogen) atoms. The summed E-state index contributed by atoms with van der Waals surface area (Å²) in [5.41, 5.74) is 2.60. The molecule has 5 rings (SSSR count). The Hall–Kier alpha value is -1.08. The Labute approximate surface area is 172 Å². The second-order valence-electron chi connectivity index (χ2n) is 10.9. The third-order valence-electron chi connectivity index (χ3n) is 9.86. The van der Waals surface area contributed by atoms with Crippen LogP contribution in [0.25, 0.3) is 0 Å². The zero-order valence-corrected chi connectivity index (χ0v) is 18.0. The number of hydrogen-bond acceptors (Lipinski definition) is 1. The summed E-state index contributed by atoms with van der Waals surface area (Å²) in [5.74, 6) is 3.90. The lowest BCUT2D eigenvalue weighted by Gasteiger charge is -2.59. The van der Waals surface area contributed by atoms with Gasteiger partial charge in [0.1, 0.15) is 0 Å². The second-order valence-corrected chi connectivity index (χ2v) is 10.9.